The molecule has 0 aliphatic heterocycles. The van der Waals surface area contributed by atoms with Gasteiger partial charge in [-0.15, -0.1) is 10.2 Å². The number of nitrogens with one attached hydrogen (secondary N) is 1. The molecule has 3 aromatic rings. The Balaban J connectivity index is 1.54. The Morgan fingerprint density at radius 2 is 2.00 bits per heavy atom. The molecule has 3 rings (SSSR count). The van der Waals surface area contributed by atoms with Gasteiger partial charge in [0.25, 0.3) is 5.89 Å². The van der Waals surface area contributed by atoms with Gasteiger partial charge in [0.1, 0.15) is 17.9 Å². The van der Waals surface area contributed by atoms with E-state index < -0.39 is 0 Å². The maximum atomic E-state index is 12.0. The van der Waals surface area contributed by atoms with Gasteiger partial charge in [-0.25, -0.2) is 0 Å². The van der Waals surface area contributed by atoms with Crippen molar-refractivity contribution in [3.8, 4) is 17.3 Å². The van der Waals surface area contributed by atoms with Crippen molar-refractivity contribution in [2.24, 2.45) is 0 Å². The molecule has 122 valence electrons. The van der Waals surface area contributed by atoms with Crippen molar-refractivity contribution in [2.75, 3.05) is 7.11 Å². The van der Waals surface area contributed by atoms with Crippen molar-refractivity contribution in [1.82, 2.24) is 20.5 Å². The molecular formula is C17H16N4O3. The van der Waals surface area contributed by atoms with Gasteiger partial charge in [0.15, 0.2) is 0 Å². The molecule has 1 N–H and O–H groups in total. The monoisotopic (exact) mass is 324 g/mol. The van der Waals surface area contributed by atoms with Crippen LogP contribution < -0.4 is 10.1 Å². The zero-order valence-corrected chi connectivity index (χ0v) is 13.1. The maximum absolute atomic E-state index is 12.0. The Hall–Kier alpha value is -3.22. The summed E-state index contributed by atoms with van der Waals surface area (Å²) in [4.78, 5) is 16.1. The van der Waals surface area contributed by atoms with Gasteiger partial charge >= 0.3 is 0 Å². The molecule has 0 aliphatic carbocycles. The fourth-order valence-corrected chi connectivity index (χ4v) is 2.06. The van der Waals surface area contributed by atoms with Crippen LogP contribution in [0.2, 0.25) is 0 Å². The van der Waals surface area contributed by atoms with E-state index in [1.54, 1.807) is 25.4 Å². The number of ether oxygens (including phenoxy) is 1. The molecule has 0 saturated heterocycles. The Bertz CT molecular complexity index is 800. The third-order valence-electron chi connectivity index (χ3n) is 3.31. The molecule has 0 saturated carbocycles. The number of nitrogens with zero attached hydrogens (tertiary/aromatic N) is 3. The van der Waals surface area contributed by atoms with Crippen LogP contribution in [-0.4, -0.2) is 28.2 Å². The molecule has 7 heteroatoms. The van der Waals surface area contributed by atoms with Crippen LogP contribution in [0.3, 0.4) is 0 Å². The van der Waals surface area contributed by atoms with Gasteiger partial charge in [0.05, 0.1) is 7.11 Å². The number of carbonyl (C=O) groups excluding carboxylic acids is 1. The molecule has 0 unspecified atom stereocenters. The van der Waals surface area contributed by atoms with E-state index in [0.717, 1.165) is 11.3 Å². The van der Waals surface area contributed by atoms with E-state index in [0.29, 0.717) is 18.1 Å². The van der Waals surface area contributed by atoms with Gasteiger partial charge in [-0.1, -0.05) is 18.2 Å². The fraction of sp³-hybridized carbons (Fsp3) is 0.176. The smallest absolute Gasteiger partial charge is 0.266 e. The molecule has 0 radical (unpaired) electrons. The second kappa shape index (κ2) is 7.36. The van der Waals surface area contributed by atoms with E-state index in [1.165, 1.54) is 0 Å². The molecule has 0 aliphatic rings. The number of pyridine rings is 1. The highest BCUT2D eigenvalue weighted by atomic mass is 16.5. The van der Waals surface area contributed by atoms with Crippen LogP contribution in [0, 0.1) is 0 Å². The van der Waals surface area contributed by atoms with E-state index in [-0.39, 0.29) is 18.2 Å². The number of hydrogen-bond acceptors (Lipinski definition) is 6. The topological polar surface area (TPSA) is 90.1 Å². The van der Waals surface area contributed by atoms with Gasteiger partial charge in [0.2, 0.25) is 11.8 Å². The normalized spacial score (nSPS) is 10.4. The van der Waals surface area contributed by atoms with E-state index in [4.69, 9.17) is 9.15 Å². The van der Waals surface area contributed by atoms with Gasteiger partial charge in [-0.2, -0.15) is 0 Å². The van der Waals surface area contributed by atoms with Crippen molar-refractivity contribution in [3.63, 3.8) is 0 Å². The summed E-state index contributed by atoms with van der Waals surface area (Å²) in [5.41, 5.74) is 1.55. The highest BCUT2D eigenvalue weighted by molar-refractivity contribution is 5.77. The van der Waals surface area contributed by atoms with Crippen LogP contribution in [0.5, 0.6) is 5.75 Å². The molecule has 2 aromatic heterocycles. The lowest BCUT2D eigenvalue weighted by Gasteiger charge is -2.05. The third-order valence-corrected chi connectivity index (χ3v) is 3.31. The number of hydrogen-bond donors (Lipinski definition) is 1. The number of carbonyl (C=O) groups is 1. The lowest BCUT2D eigenvalue weighted by molar-refractivity contribution is -0.120. The number of rotatable bonds is 6. The fourth-order valence-electron chi connectivity index (χ4n) is 2.06. The van der Waals surface area contributed by atoms with Crippen molar-refractivity contribution >= 4 is 5.91 Å². The number of benzene rings is 1. The third kappa shape index (κ3) is 3.95. The van der Waals surface area contributed by atoms with Crippen molar-refractivity contribution < 1.29 is 13.9 Å². The summed E-state index contributed by atoms with van der Waals surface area (Å²) < 4.78 is 10.6. The second-order valence-corrected chi connectivity index (χ2v) is 5.02. The molecule has 0 bridgehead atoms. The van der Waals surface area contributed by atoms with E-state index in [9.17, 15) is 4.79 Å². The molecule has 24 heavy (non-hydrogen) atoms. The van der Waals surface area contributed by atoms with Crippen LogP contribution >= 0.6 is 0 Å². The molecule has 7 nitrogen and oxygen atoms in total. The Morgan fingerprint density at radius 1 is 1.17 bits per heavy atom. The summed E-state index contributed by atoms with van der Waals surface area (Å²) in [6, 6.07) is 12.9. The van der Waals surface area contributed by atoms with E-state index in [1.807, 2.05) is 30.3 Å². The predicted molar refractivity (Wildman–Crippen MR) is 86.1 cm³/mol. The first-order chi connectivity index (χ1) is 11.7. The average molecular weight is 324 g/mol. The molecule has 0 fully saturated rings. The van der Waals surface area contributed by atoms with Crippen molar-refractivity contribution in [1.29, 1.82) is 0 Å². The van der Waals surface area contributed by atoms with Gasteiger partial charge in [-0.05, 0) is 29.8 Å². The highest BCUT2D eigenvalue weighted by Gasteiger charge is 2.12. The zero-order chi connectivity index (χ0) is 16.8. The first-order valence-corrected chi connectivity index (χ1v) is 7.38. The Labute approximate surface area is 138 Å². The molecular weight excluding hydrogens is 308 g/mol. The predicted octanol–water partition coefficient (Wildman–Crippen LogP) is 2.00. The second-order valence-electron chi connectivity index (χ2n) is 5.02. The summed E-state index contributed by atoms with van der Waals surface area (Å²) in [6.45, 7) is 0.421. The molecule has 1 aromatic carbocycles. The molecule has 0 spiro atoms. The highest BCUT2D eigenvalue weighted by Crippen LogP contribution is 2.14. The van der Waals surface area contributed by atoms with Gasteiger partial charge in [-0.3, -0.25) is 9.78 Å². The van der Waals surface area contributed by atoms with E-state index in [2.05, 4.69) is 20.5 Å². The van der Waals surface area contributed by atoms with Crippen LogP contribution in [0.4, 0.5) is 0 Å². The minimum absolute atomic E-state index is 0.0238. The lowest BCUT2D eigenvalue weighted by atomic mass is 10.2. The maximum Gasteiger partial charge on any atom is 0.266 e. The largest absolute Gasteiger partial charge is 0.497 e. The zero-order valence-electron chi connectivity index (χ0n) is 13.1. The van der Waals surface area contributed by atoms with Crippen LogP contribution in [-0.2, 0) is 17.8 Å². The lowest BCUT2D eigenvalue weighted by Crippen LogP contribution is -2.24. The number of methoxy groups -OCH3 is 1. The summed E-state index contributed by atoms with van der Waals surface area (Å²) in [5, 5.41) is 10.6. The molecule has 0 atom stereocenters. The average Bonchev–Trinajstić information content (AvgIpc) is 3.09. The van der Waals surface area contributed by atoms with Crippen molar-refractivity contribution in [2.45, 2.75) is 13.0 Å². The number of aromatic nitrogens is 3. The number of amides is 1. The van der Waals surface area contributed by atoms with E-state index >= 15 is 0 Å². The first kappa shape index (κ1) is 15.7. The quantitative estimate of drug-likeness (QED) is 0.746. The van der Waals surface area contributed by atoms with Crippen molar-refractivity contribution in [3.05, 3.63) is 60.1 Å². The molecule has 1 amide bonds. The summed E-state index contributed by atoms with van der Waals surface area (Å²) in [5.74, 6) is 1.14. The summed E-state index contributed by atoms with van der Waals surface area (Å²) in [7, 11) is 1.61. The van der Waals surface area contributed by atoms with Gasteiger partial charge in [0, 0.05) is 12.7 Å². The minimum Gasteiger partial charge on any atom is -0.497 e. The summed E-state index contributed by atoms with van der Waals surface area (Å²) >= 11 is 0. The minimum atomic E-state index is -0.193. The Morgan fingerprint density at radius 3 is 2.71 bits per heavy atom. The summed E-state index contributed by atoms with van der Waals surface area (Å²) in [6.07, 6.45) is 1.66. The SMILES string of the molecule is COc1ccc(CNC(=O)Cc2nnc(-c3ccccn3)o2)cc1. The van der Waals surface area contributed by atoms with Crippen LogP contribution in [0.25, 0.3) is 11.6 Å². The first-order valence-electron chi connectivity index (χ1n) is 7.38. The van der Waals surface area contributed by atoms with Crippen LogP contribution in [0.1, 0.15) is 11.5 Å². The molecule has 2 heterocycles. The Kier molecular flexibility index (Phi) is 4.81. The van der Waals surface area contributed by atoms with Gasteiger partial charge < -0.3 is 14.5 Å². The standard InChI is InChI=1S/C17H16N4O3/c1-23-13-7-5-12(6-8-13)11-19-15(22)10-16-20-21-17(24-16)14-4-2-3-9-18-14/h2-9H,10-11H2,1H3,(H,19,22). The van der Waals surface area contributed by atoms with Crippen LogP contribution in [0.15, 0.2) is 53.1 Å².